The molecule has 5 nitrogen and oxygen atoms in total. The average Bonchev–Trinajstić information content (AvgIpc) is 2.97. The number of carbonyl (C=O) groups excluding carboxylic acids is 2. The van der Waals surface area contributed by atoms with Crippen LogP contribution in [0.2, 0.25) is 0 Å². The van der Waals surface area contributed by atoms with Crippen molar-refractivity contribution in [3.63, 3.8) is 0 Å². The zero-order chi connectivity index (χ0) is 13.1. The number of likely N-dealkylation sites (tertiary alicyclic amines) is 1. The van der Waals surface area contributed by atoms with Gasteiger partial charge in [0, 0.05) is 6.04 Å². The predicted molar refractivity (Wildman–Crippen MR) is 70.2 cm³/mol. The summed E-state index contributed by atoms with van der Waals surface area (Å²) in [6.07, 6.45) is 2.11. The summed E-state index contributed by atoms with van der Waals surface area (Å²) in [4.78, 5) is 24.6. The Balaban J connectivity index is 2.07. The van der Waals surface area contributed by atoms with Gasteiger partial charge in [-0.05, 0) is 48.7 Å². The second-order valence-electron chi connectivity index (χ2n) is 4.48. The molecule has 3 N–H and O–H groups in total. The first kappa shape index (κ1) is 13.0. The summed E-state index contributed by atoms with van der Waals surface area (Å²) < 4.78 is 0. The van der Waals surface area contributed by atoms with E-state index in [0.29, 0.717) is 0 Å². The number of rotatable bonds is 3. The summed E-state index contributed by atoms with van der Waals surface area (Å²) in [6, 6.07) is 1.22. The summed E-state index contributed by atoms with van der Waals surface area (Å²) in [5.41, 5.74) is 6.22. The van der Waals surface area contributed by atoms with Gasteiger partial charge < -0.3 is 5.73 Å². The molecule has 1 aliphatic heterocycles. The van der Waals surface area contributed by atoms with Crippen molar-refractivity contribution in [3.8, 4) is 0 Å². The summed E-state index contributed by atoms with van der Waals surface area (Å²) >= 11 is 1.66. The highest BCUT2D eigenvalue weighted by molar-refractivity contribution is 7.07. The van der Waals surface area contributed by atoms with Crippen LogP contribution in [-0.4, -0.2) is 29.4 Å². The van der Waals surface area contributed by atoms with E-state index >= 15 is 0 Å². The molecule has 18 heavy (non-hydrogen) atoms. The van der Waals surface area contributed by atoms with E-state index in [2.05, 4.69) is 21.7 Å². The normalized spacial score (nSPS) is 21.7. The third-order valence-electron chi connectivity index (χ3n) is 3.35. The Kier molecular flexibility index (Phi) is 3.98. The monoisotopic (exact) mass is 267 g/mol. The number of nitrogens with zero attached hydrogens (tertiary/aromatic N) is 1. The smallest absolute Gasteiger partial charge is 0.318 e. The van der Waals surface area contributed by atoms with Crippen molar-refractivity contribution < 1.29 is 9.59 Å². The number of urea groups is 1. The minimum absolute atomic E-state index is 0.268. The summed E-state index contributed by atoms with van der Waals surface area (Å²) in [6.45, 7) is 2.68. The van der Waals surface area contributed by atoms with Crippen molar-refractivity contribution in [2.45, 2.75) is 31.8 Å². The van der Waals surface area contributed by atoms with E-state index in [1.165, 1.54) is 5.56 Å². The topological polar surface area (TPSA) is 75.4 Å². The SMILES string of the molecule is C[C@@H](C(=O)NC(N)=O)N1CCC[C@@H]1c1ccsc1. The van der Waals surface area contributed by atoms with Crippen LogP contribution < -0.4 is 11.1 Å². The van der Waals surface area contributed by atoms with Gasteiger partial charge in [0.2, 0.25) is 5.91 Å². The highest BCUT2D eigenvalue weighted by atomic mass is 32.1. The molecular weight excluding hydrogens is 250 g/mol. The van der Waals surface area contributed by atoms with Crippen molar-refractivity contribution >= 4 is 23.3 Å². The van der Waals surface area contributed by atoms with Crippen LogP contribution >= 0.6 is 11.3 Å². The largest absolute Gasteiger partial charge is 0.351 e. The Labute approximate surface area is 110 Å². The molecule has 0 spiro atoms. The highest BCUT2D eigenvalue weighted by Gasteiger charge is 2.33. The number of nitrogens with one attached hydrogen (secondary N) is 1. The minimum Gasteiger partial charge on any atom is -0.351 e. The molecule has 0 aliphatic carbocycles. The maximum absolute atomic E-state index is 11.8. The second kappa shape index (κ2) is 5.49. The molecule has 3 amide bonds. The van der Waals surface area contributed by atoms with E-state index in [-0.39, 0.29) is 18.0 Å². The van der Waals surface area contributed by atoms with Gasteiger partial charge >= 0.3 is 6.03 Å². The third kappa shape index (κ3) is 2.70. The summed E-state index contributed by atoms with van der Waals surface area (Å²) in [5, 5.41) is 6.30. The Hall–Kier alpha value is -1.40. The fourth-order valence-corrected chi connectivity index (χ4v) is 3.16. The first-order valence-electron chi connectivity index (χ1n) is 5.97. The van der Waals surface area contributed by atoms with Crippen LogP contribution in [0.4, 0.5) is 4.79 Å². The summed E-state index contributed by atoms with van der Waals surface area (Å²) in [5.74, 6) is -0.329. The number of imide groups is 1. The first-order valence-corrected chi connectivity index (χ1v) is 6.92. The molecule has 2 atom stereocenters. The molecule has 98 valence electrons. The van der Waals surface area contributed by atoms with Crippen LogP contribution in [0.3, 0.4) is 0 Å². The quantitative estimate of drug-likeness (QED) is 0.870. The maximum Gasteiger partial charge on any atom is 0.318 e. The van der Waals surface area contributed by atoms with E-state index in [1.54, 1.807) is 11.3 Å². The van der Waals surface area contributed by atoms with Crippen LogP contribution in [0.15, 0.2) is 16.8 Å². The molecule has 1 saturated heterocycles. The van der Waals surface area contributed by atoms with Gasteiger partial charge in [0.25, 0.3) is 0 Å². The maximum atomic E-state index is 11.8. The van der Waals surface area contributed by atoms with Gasteiger partial charge in [-0.2, -0.15) is 11.3 Å². The van der Waals surface area contributed by atoms with Crippen LogP contribution in [0.25, 0.3) is 0 Å². The number of amides is 3. The number of hydrogen-bond donors (Lipinski definition) is 2. The number of primary amides is 1. The van der Waals surface area contributed by atoms with Crippen molar-refractivity contribution in [1.29, 1.82) is 0 Å². The fraction of sp³-hybridized carbons (Fsp3) is 0.500. The Bertz CT molecular complexity index is 433. The molecule has 1 aromatic heterocycles. The number of carbonyl (C=O) groups is 2. The van der Waals surface area contributed by atoms with Crippen LogP contribution in [0.5, 0.6) is 0 Å². The Morgan fingerprint density at radius 1 is 1.61 bits per heavy atom. The molecule has 6 heteroatoms. The van der Waals surface area contributed by atoms with Crippen molar-refractivity contribution in [2.24, 2.45) is 5.73 Å². The van der Waals surface area contributed by atoms with Gasteiger partial charge in [-0.25, -0.2) is 4.79 Å². The molecular formula is C12H17N3O2S. The summed E-state index contributed by atoms with van der Waals surface area (Å²) in [7, 11) is 0. The van der Waals surface area contributed by atoms with Gasteiger partial charge in [0.1, 0.15) is 0 Å². The average molecular weight is 267 g/mol. The van der Waals surface area contributed by atoms with Crippen LogP contribution in [0.1, 0.15) is 31.4 Å². The van der Waals surface area contributed by atoms with Gasteiger partial charge in [-0.15, -0.1) is 0 Å². The van der Waals surface area contributed by atoms with Crippen molar-refractivity contribution in [3.05, 3.63) is 22.4 Å². The van der Waals surface area contributed by atoms with E-state index in [9.17, 15) is 9.59 Å². The third-order valence-corrected chi connectivity index (χ3v) is 4.05. The van der Waals surface area contributed by atoms with E-state index < -0.39 is 6.03 Å². The van der Waals surface area contributed by atoms with Gasteiger partial charge in [-0.1, -0.05) is 0 Å². The standard InChI is InChI=1S/C12H17N3O2S/c1-8(11(16)14-12(13)17)15-5-2-3-10(15)9-4-6-18-7-9/h4,6-8,10H,2-3,5H2,1H3,(H3,13,14,16,17)/t8-,10+/m0/s1. The lowest BCUT2D eigenvalue weighted by molar-refractivity contribution is -0.125. The Morgan fingerprint density at radius 3 is 3.00 bits per heavy atom. The molecule has 0 radical (unpaired) electrons. The molecule has 1 fully saturated rings. The molecule has 1 aliphatic rings. The first-order chi connectivity index (χ1) is 8.59. The molecule has 0 aromatic carbocycles. The zero-order valence-electron chi connectivity index (χ0n) is 10.3. The lowest BCUT2D eigenvalue weighted by Crippen LogP contribution is -2.48. The minimum atomic E-state index is -0.793. The molecule has 1 aromatic rings. The van der Waals surface area contributed by atoms with Crippen LogP contribution in [-0.2, 0) is 4.79 Å². The highest BCUT2D eigenvalue weighted by Crippen LogP contribution is 2.34. The van der Waals surface area contributed by atoms with Crippen molar-refractivity contribution in [1.82, 2.24) is 10.2 Å². The van der Waals surface area contributed by atoms with E-state index in [0.717, 1.165) is 19.4 Å². The van der Waals surface area contributed by atoms with Gasteiger partial charge in [0.15, 0.2) is 0 Å². The zero-order valence-corrected chi connectivity index (χ0v) is 11.1. The lowest BCUT2D eigenvalue weighted by Gasteiger charge is -2.29. The van der Waals surface area contributed by atoms with Gasteiger partial charge in [0.05, 0.1) is 6.04 Å². The van der Waals surface area contributed by atoms with Gasteiger partial charge in [-0.3, -0.25) is 15.0 Å². The van der Waals surface area contributed by atoms with Crippen molar-refractivity contribution in [2.75, 3.05) is 6.54 Å². The number of thiophene rings is 1. The second-order valence-corrected chi connectivity index (χ2v) is 5.26. The molecule has 0 unspecified atom stereocenters. The predicted octanol–water partition coefficient (Wildman–Crippen LogP) is 1.47. The molecule has 2 rings (SSSR count). The molecule has 0 bridgehead atoms. The van der Waals surface area contributed by atoms with Crippen LogP contribution in [0, 0.1) is 0 Å². The lowest BCUT2D eigenvalue weighted by atomic mass is 10.1. The molecule has 0 saturated carbocycles. The van der Waals surface area contributed by atoms with E-state index in [1.807, 2.05) is 12.3 Å². The van der Waals surface area contributed by atoms with E-state index in [4.69, 9.17) is 5.73 Å². The fourth-order valence-electron chi connectivity index (χ4n) is 2.45. The number of nitrogens with two attached hydrogens (primary N) is 1. The molecule has 2 heterocycles. The Morgan fingerprint density at radius 2 is 2.39 bits per heavy atom. The number of hydrogen-bond acceptors (Lipinski definition) is 4.